The van der Waals surface area contributed by atoms with Crippen LogP contribution in [0.4, 0.5) is 0 Å². The van der Waals surface area contributed by atoms with Crippen LogP contribution in [0.15, 0.2) is 0 Å². The molecular formula is C6H15NO. The molecule has 50 valence electrons. The van der Waals surface area contributed by atoms with Gasteiger partial charge in [-0.3, -0.25) is 4.79 Å². The summed E-state index contributed by atoms with van der Waals surface area (Å²) in [7, 11) is 3.51. The highest BCUT2D eigenvalue weighted by atomic mass is 16.2. The molecule has 2 nitrogen and oxygen atoms in total. The van der Waals surface area contributed by atoms with Gasteiger partial charge in [-0.15, -0.1) is 0 Å². The van der Waals surface area contributed by atoms with Gasteiger partial charge in [0.2, 0.25) is 5.91 Å². The lowest BCUT2D eigenvalue weighted by atomic mass is 10.4. The summed E-state index contributed by atoms with van der Waals surface area (Å²) in [6.45, 7) is 1.85. The third kappa shape index (κ3) is 3.65. The van der Waals surface area contributed by atoms with E-state index in [0.717, 1.165) is 0 Å². The summed E-state index contributed by atoms with van der Waals surface area (Å²) >= 11 is 0. The van der Waals surface area contributed by atoms with Gasteiger partial charge in [-0.25, -0.2) is 0 Å². The molecule has 1 amide bonds. The minimum Gasteiger partial charge on any atom is -0.349 e. The zero-order chi connectivity index (χ0) is 5.86. The van der Waals surface area contributed by atoms with E-state index in [1.165, 1.54) is 0 Å². The molecule has 0 radical (unpaired) electrons. The smallest absolute Gasteiger partial charge is 0.221 e. The Balaban J connectivity index is 0. The molecule has 0 fully saturated rings. The van der Waals surface area contributed by atoms with Crippen LogP contribution in [0.2, 0.25) is 0 Å². The Bertz CT molecular complexity index is 68.9. The molecule has 0 N–H and O–H groups in total. The molecule has 8 heavy (non-hydrogen) atoms. The molecule has 0 bridgehead atoms. The van der Waals surface area contributed by atoms with E-state index in [9.17, 15) is 4.79 Å². The second-order valence-corrected chi connectivity index (χ2v) is 1.64. The highest BCUT2D eigenvalue weighted by Crippen LogP contribution is 1.81. The lowest BCUT2D eigenvalue weighted by Gasteiger charge is -2.05. The Morgan fingerprint density at radius 1 is 1.50 bits per heavy atom. The minimum atomic E-state index is 0. The van der Waals surface area contributed by atoms with Gasteiger partial charge in [0, 0.05) is 20.5 Å². The fraction of sp³-hybridized carbons (Fsp3) is 0.833. The molecule has 0 unspecified atom stereocenters. The van der Waals surface area contributed by atoms with Gasteiger partial charge < -0.3 is 4.90 Å². The van der Waals surface area contributed by atoms with Gasteiger partial charge in [-0.1, -0.05) is 14.4 Å². The fourth-order valence-corrected chi connectivity index (χ4v) is 0.316. The van der Waals surface area contributed by atoms with Crippen molar-refractivity contribution in [1.29, 1.82) is 0 Å². The number of amides is 1. The molecule has 0 spiro atoms. The number of hydrogen-bond donors (Lipinski definition) is 0. The molecule has 0 aliphatic rings. The van der Waals surface area contributed by atoms with E-state index in [4.69, 9.17) is 0 Å². The molecule has 0 heterocycles. The molecule has 0 aliphatic heterocycles. The van der Waals surface area contributed by atoms with Gasteiger partial charge in [-0.2, -0.15) is 0 Å². The lowest BCUT2D eigenvalue weighted by molar-refractivity contribution is -0.128. The first kappa shape index (κ1) is 10.5. The van der Waals surface area contributed by atoms with Crippen molar-refractivity contribution in [3.05, 3.63) is 0 Å². The minimum absolute atomic E-state index is 0. The average Bonchev–Trinajstić information content (AvgIpc) is 1.65. The van der Waals surface area contributed by atoms with E-state index in [1.54, 1.807) is 19.0 Å². The van der Waals surface area contributed by atoms with Crippen molar-refractivity contribution in [1.82, 2.24) is 4.90 Å². The van der Waals surface area contributed by atoms with E-state index in [1.807, 2.05) is 6.92 Å². The highest BCUT2D eigenvalue weighted by molar-refractivity contribution is 5.75. The number of carbonyl (C=O) groups is 1. The van der Waals surface area contributed by atoms with Crippen LogP contribution in [0, 0.1) is 0 Å². The first-order chi connectivity index (χ1) is 3.18. The maximum atomic E-state index is 10.4. The van der Waals surface area contributed by atoms with Gasteiger partial charge in [0.25, 0.3) is 0 Å². The summed E-state index contributed by atoms with van der Waals surface area (Å²) in [5.41, 5.74) is 0. The molecule has 2 heteroatoms. The standard InChI is InChI=1S/C5H11NO.CH4/c1-4-5(7)6(2)3;/h4H2,1-3H3;1H4. The lowest BCUT2D eigenvalue weighted by Crippen LogP contribution is -2.19. The predicted octanol–water partition coefficient (Wildman–Crippen LogP) is 1.12. The van der Waals surface area contributed by atoms with Gasteiger partial charge in [0.1, 0.15) is 0 Å². The summed E-state index contributed by atoms with van der Waals surface area (Å²) < 4.78 is 0. The van der Waals surface area contributed by atoms with Crippen LogP contribution in [-0.4, -0.2) is 24.9 Å². The molecule has 0 saturated carbocycles. The first-order valence-corrected chi connectivity index (χ1v) is 2.38. The Morgan fingerprint density at radius 2 is 1.88 bits per heavy atom. The second kappa shape index (κ2) is 4.62. The van der Waals surface area contributed by atoms with Gasteiger partial charge in [-0.05, 0) is 0 Å². The number of nitrogens with zero attached hydrogens (tertiary/aromatic N) is 1. The molecule has 0 aromatic carbocycles. The van der Waals surface area contributed by atoms with E-state index >= 15 is 0 Å². The highest BCUT2D eigenvalue weighted by Gasteiger charge is 1.95. The fourth-order valence-electron chi connectivity index (χ4n) is 0.316. The Morgan fingerprint density at radius 3 is 1.88 bits per heavy atom. The van der Waals surface area contributed by atoms with Crippen LogP contribution in [0.5, 0.6) is 0 Å². The topological polar surface area (TPSA) is 20.3 Å². The summed E-state index contributed by atoms with van der Waals surface area (Å²) in [5.74, 6) is 0.181. The van der Waals surface area contributed by atoms with Crippen molar-refractivity contribution < 1.29 is 4.79 Å². The molecular weight excluding hydrogens is 102 g/mol. The molecule has 0 saturated heterocycles. The Kier molecular flexibility index (Phi) is 6.04. The largest absolute Gasteiger partial charge is 0.349 e. The maximum absolute atomic E-state index is 10.4. The van der Waals surface area contributed by atoms with E-state index in [0.29, 0.717) is 6.42 Å². The van der Waals surface area contributed by atoms with Gasteiger partial charge in [0.05, 0.1) is 0 Å². The van der Waals surface area contributed by atoms with Crippen molar-refractivity contribution in [3.8, 4) is 0 Å². The van der Waals surface area contributed by atoms with E-state index < -0.39 is 0 Å². The summed E-state index contributed by atoms with van der Waals surface area (Å²) in [4.78, 5) is 12.0. The van der Waals surface area contributed by atoms with Crippen LogP contribution in [-0.2, 0) is 4.79 Å². The Labute approximate surface area is 51.5 Å². The van der Waals surface area contributed by atoms with Crippen molar-refractivity contribution in [2.45, 2.75) is 20.8 Å². The second-order valence-electron chi connectivity index (χ2n) is 1.64. The number of rotatable bonds is 1. The maximum Gasteiger partial charge on any atom is 0.221 e. The van der Waals surface area contributed by atoms with Crippen LogP contribution in [0.3, 0.4) is 0 Å². The van der Waals surface area contributed by atoms with Gasteiger partial charge >= 0.3 is 0 Å². The van der Waals surface area contributed by atoms with Crippen molar-refractivity contribution in [2.24, 2.45) is 0 Å². The van der Waals surface area contributed by atoms with Gasteiger partial charge in [0.15, 0.2) is 0 Å². The Hall–Kier alpha value is -0.530. The monoisotopic (exact) mass is 117 g/mol. The molecule has 0 rings (SSSR count). The quantitative estimate of drug-likeness (QED) is 0.504. The van der Waals surface area contributed by atoms with Crippen molar-refractivity contribution >= 4 is 5.91 Å². The van der Waals surface area contributed by atoms with Crippen molar-refractivity contribution in [2.75, 3.05) is 14.1 Å². The van der Waals surface area contributed by atoms with Crippen LogP contribution >= 0.6 is 0 Å². The number of hydrogen-bond acceptors (Lipinski definition) is 1. The zero-order valence-electron chi connectivity index (χ0n) is 5.06. The predicted molar refractivity (Wildman–Crippen MR) is 35.7 cm³/mol. The zero-order valence-corrected chi connectivity index (χ0v) is 5.06. The molecule has 0 aromatic heterocycles. The third-order valence-corrected chi connectivity index (χ3v) is 0.801. The summed E-state index contributed by atoms with van der Waals surface area (Å²) in [6.07, 6.45) is 0.604. The van der Waals surface area contributed by atoms with Crippen LogP contribution in [0.25, 0.3) is 0 Å². The third-order valence-electron chi connectivity index (χ3n) is 0.801. The first-order valence-electron chi connectivity index (χ1n) is 2.38. The molecule has 0 aliphatic carbocycles. The normalized spacial score (nSPS) is 7.38. The van der Waals surface area contributed by atoms with Crippen molar-refractivity contribution in [3.63, 3.8) is 0 Å². The van der Waals surface area contributed by atoms with Crippen LogP contribution < -0.4 is 0 Å². The SMILES string of the molecule is C.CCC(=O)N(C)C. The average molecular weight is 117 g/mol. The molecule has 0 aromatic rings. The number of carbonyl (C=O) groups excluding carboxylic acids is 1. The summed E-state index contributed by atoms with van der Waals surface area (Å²) in [5, 5.41) is 0. The summed E-state index contributed by atoms with van der Waals surface area (Å²) in [6, 6.07) is 0. The van der Waals surface area contributed by atoms with E-state index in [2.05, 4.69) is 0 Å². The molecule has 0 atom stereocenters. The van der Waals surface area contributed by atoms with Crippen LogP contribution in [0.1, 0.15) is 20.8 Å². The van der Waals surface area contributed by atoms with E-state index in [-0.39, 0.29) is 13.3 Å².